The quantitative estimate of drug-likeness (QED) is 0.816. The van der Waals surface area contributed by atoms with E-state index < -0.39 is 0 Å². The molecule has 3 N–H and O–H groups in total. The molecule has 0 aromatic carbocycles. The van der Waals surface area contributed by atoms with Crippen LogP contribution < -0.4 is 11.1 Å². The molecule has 0 aromatic heterocycles. The zero-order valence-corrected chi connectivity index (χ0v) is 12.8. The lowest BCUT2D eigenvalue weighted by molar-refractivity contribution is -0.129. The fourth-order valence-electron chi connectivity index (χ4n) is 4.89. The largest absolute Gasteiger partial charge is 0.353 e. The summed E-state index contributed by atoms with van der Waals surface area (Å²) in [5.74, 6) is 2.54. The van der Waals surface area contributed by atoms with E-state index >= 15 is 0 Å². The molecule has 114 valence electrons. The summed E-state index contributed by atoms with van der Waals surface area (Å²) in [4.78, 5) is 12.6. The van der Waals surface area contributed by atoms with Gasteiger partial charge in [0.05, 0.1) is 0 Å². The Morgan fingerprint density at radius 2 is 1.65 bits per heavy atom. The number of rotatable bonds is 2. The molecular formula is C17H30N2O. The highest BCUT2D eigenvalue weighted by atomic mass is 16.1. The third-order valence-corrected chi connectivity index (χ3v) is 6.07. The molecule has 3 aliphatic rings. The molecule has 0 heterocycles. The van der Waals surface area contributed by atoms with E-state index in [4.69, 9.17) is 5.73 Å². The van der Waals surface area contributed by atoms with Crippen LogP contribution >= 0.6 is 0 Å². The molecule has 4 unspecified atom stereocenters. The number of nitrogens with two attached hydrogens (primary N) is 1. The molecule has 3 nitrogen and oxygen atoms in total. The second-order valence-electron chi connectivity index (χ2n) is 7.67. The van der Waals surface area contributed by atoms with Gasteiger partial charge in [-0.3, -0.25) is 4.79 Å². The number of carbonyl (C=O) groups excluding carboxylic acids is 1. The van der Waals surface area contributed by atoms with Crippen molar-refractivity contribution in [1.82, 2.24) is 5.32 Å². The molecule has 3 saturated carbocycles. The lowest BCUT2D eigenvalue weighted by Crippen LogP contribution is -2.50. The average molecular weight is 278 g/mol. The van der Waals surface area contributed by atoms with Gasteiger partial charge in [-0.2, -0.15) is 0 Å². The van der Waals surface area contributed by atoms with Crippen molar-refractivity contribution < 1.29 is 4.79 Å². The minimum Gasteiger partial charge on any atom is -0.353 e. The van der Waals surface area contributed by atoms with Gasteiger partial charge in [-0.25, -0.2) is 0 Å². The molecule has 0 aromatic rings. The van der Waals surface area contributed by atoms with Crippen molar-refractivity contribution in [1.29, 1.82) is 0 Å². The van der Waals surface area contributed by atoms with E-state index in [2.05, 4.69) is 12.2 Å². The van der Waals surface area contributed by atoms with Crippen LogP contribution in [0, 0.1) is 23.7 Å². The molecule has 3 rings (SSSR count). The normalized spacial score (nSPS) is 44.9. The van der Waals surface area contributed by atoms with Crippen LogP contribution in [0.2, 0.25) is 0 Å². The molecule has 1 amide bonds. The van der Waals surface area contributed by atoms with Gasteiger partial charge in [0.25, 0.3) is 0 Å². The van der Waals surface area contributed by atoms with Crippen molar-refractivity contribution in [3.63, 3.8) is 0 Å². The smallest absolute Gasteiger partial charge is 0.223 e. The van der Waals surface area contributed by atoms with Gasteiger partial charge in [-0.1, -0.05) is 26.2 Å². The zero-order valence-electron chi connectivity index (χ0n) is 12.8. The molecule has 3 aliphatic carbocycles. The number of hydrogen-bond acceptors (Lipinski definition) is 2. The summed E-state index contributed by atoms with van der Waals surface area (Å²) in [5.41, 5.74) is 6.32. The van der Waals surface area contributed by atoms with E-state index in [-0.39, 0.29) is 5.92 Å². The Morgan fingerprint density at radius 3 is 2.30 bits per heavy atom. The van der Waals surface area contributed by atoms with E-state index in [0.29, 0.717) is 29.8 Å². The first-order valence-corrected chi connectivity index (χ1v) is 8.69. The lowest BCUT2D eigenvalue weighted by atomic mass is 9.65. The first kappa shape index (κ1) is 14.4. The summed E-state index contributed by atoms with van der Waals surface area (Å²) in [6.07, 6.45) is 10.8. The number of carbonyl (C=O) groups is 1. The highest BCUT2D eigenvalue weighted by Crippen LogP contribution is 2.42. The van der Waals surface area contributed by atoms with Gasteiger partial charge in [0.2, 0.25) is 5.91 Å². The van der Waals surface area contributed by atoms with E-state index in [9.17, 15) is 4.79 Å². The Balaban J connectivity index is 1.55. The van der Waals surface area contributed by atoms with Gasteiger partial charge in [0.1, 0.15) is 0 Å². The molecular weight excluding hydrogens is 248 g/mol. The van der Waals surface area contributed by atoms with Crippen molar-refractivity contribution >= 4 is 5.91 Å². The maximum absolute atomic E-state index is 12.6. The average Bonchev–Trinajstić information content (AvgIpc) is 2.38. The van der Waals surface area contributed by atoms with Crippen LogP contribution in [0.1, 0.15) is 64.7 Å². The monoisotopic (exact) mass is 278 g/mol. The van der Waals surface area contributed by atoms with Gasteiger partial charge < -0.3 is 11.1 Å². The van der Waals surface area contributed by atoms with Crippen molar-refractivity contribution in [3.8, 4) is 0 Å². The van der Waals surface area contributed by atoms with Crippen LogP contribution in [0.4, 0.5) is 0 Å². The standard InChI is InChI=1S/C17H30N2O/c1-11-4-2-7-15(8-11)19-17(20)14-9-12-5-3-6-13(10-14)16(12)18/h11-16H,2-10,18H2,1H3,(H,19,20). The van der Waals surface area contributed by atoms with Crippen LogP contribution in [0.3, 0.4) is 0 Å². The third-order valence-electron chi connectivity index (χ3n) is 6.07. The Morgan fingerprint density at radius 1 is 1.00 bits per heavy atom. The summed E-state index contributed by atoms with van der Waals surface area (Å²) in [7, 11) is 0. The van der Waals surface area contributed by atoms with Crippen LogP contribution in [0.15, 0.2) is 0 Å². The maximum atomic E-state index is 12.6. The third kappa shape index (κ3) is 3.03. The summed E-state index contributed by atoms with van der Waals surface area (Å²) in [6, 6.07) is 0.796. The number of nitrogens with one attached hydrogen (secondary N) is 1. The SMILES string of the molecule is CC1CCCC(NC(=O)C2CC3CCCC(C2)C3N)C1. The zero-order chi connectivity index (χ0) is 14.1. The van der Waals surface area contributed by atoms with Crippen molar-refractivity contribution in [2.75, 3.05) is 0 Å². The van der Waals surface area contributed by atoms with Gasteiger partial charge >= 0.3 is 0 Å². The molecule has 20 heavy (non-hydrogen) atoms. The van der Waals surface area contributed by atoms with Crippen LogP contribution in [0.5, 0.6) is 0 Å². The molecule has 4 atom stereocenters. The minimum atomic E-state index is 0.238. The van der Waals surface area contributed by atoms with Crippen LogP contribution in [-0.2, 0) is 4.79 Å². The second kappa shape index (κ2) is 6.05. The molecule has 0 radical (unpaired) electrons. The summed E-state index contributed by atoms with van der Waals surface area (Å²) in [5, 5.41) is 3.34. The molecule has 0 saturated heterocycles. The van der Waals surface area contributed by atoms with Crippen molar-refractivity contribution in [2.45, 2.75) is 76.8 Å². The molecule has 3 heteroatoms. The van der Waals surface area contributed by atoms with E-state index in [0.717, 1.165) is 18.8 Å². The topological polar surface area (TPSA) is 55.1 Å². The first-order chi connectivity index (χ1) is 9.63. The summed E-state index contributed by atoms with van der Waals surface area (Å²) < 4.78 is 0. The fraction of sp³-hybridized carbons (Fsp3) is 0.941. The van der Waals surface area contributed by atoms with Crippen LogP contribution in [0.25, 0.3) is 0 Å². The number of hydrogen-bond donors (Lipinski definition) is 2. The second-order valence-corrected chi connectivity index (χ2v) is 7.67. The summed E-state index contributed by atoms with van der Waals surface area (Å²) >= 11 is 0. The van der Waals surface area contributed by atoms with E-state index in [1.807, 2.05) is 0 Å². The highest BCUT2D eigenvalue weighted by molar-refractivity contribution is 5.79. The number of fused-ring (bicyclic) bond motifs is 2. The Hall–Kier alpha value is -0.570. The molecule has 3 fully saturated rings. The lowest BCUT2D eigenvalue weighted by Gasteiger charge is -2.44. The van der Waals surface area contributed by atoms with Gasteiger partial charge in [-0.15, -0.1) is 0 Å². The summed E-state index contributed by atoms with van der Waals surface area (Å²) in [6.45, 7) is 2.31. The Labute approximate surface area is 123 Å². The number of amides is 1. The Bertz CT molecular complexity index is 343. The van der Waals surface area contributed by atoms with Gasteiger partial charge in [-0.05, 0) is 56.3 Å². The minimum absolute atomic E-state index is 0.238. The van der Waals surface area contributed by atoms with E-state index in [1.165, 1.54) is 44.9 Å². The van der Waals surface area contributed by atoms with Crippen molar-refractivity contribution in [2.24, 2.45) is 29.4 Å². The predicted molar refractivity (Wildman–Crippen MR) is 81.1 cm³/mol. The molecule has 2 bridgehead atoms. The van der Waals surface area contributed by atoms with Crippen LogP contribution in [-0.4, -0.2) is 18.0 Å². The molecule has 0 spiro atoms. The maximum Gasteiger partial charge on any atom is 0.223 e. The van der Waals surface area contributed by atoms with Gasteiger partial charge in [0.15, 0.2) is 0 Å². The Kier molecular flexibility index (Phi) is 4.34. The molecule has 0 aliphatic heterocycles. The van der Waals surface area contributed by atoms with Crippen molar-refractivity contribution in [3.05, 3.63) is 0 Å². The van der Waals surface area contributed by atoms with Gasteiger partial charge in [0, 0.05) is 18.0 Å². The van der Waals surface area contributed by atoms with E-state index in [1.54, 1.807) is 0 Å². The fourth-order valence-corrected chi connectivity index (χ4v) is 4.89. The predicted octanol–water partition coefficient (Wildman–Crippen LogP) is 2.83. The first-order valence-electron chi connectivity index (χ1n) is 8.69. The highest BCUT2D eigenvalue weighted by Gasteiger charge is 2.40.